The van der Waals surface area contributed by atoms with Crippen LogP contribution in [-0.2, 0) is 23.9 Å². The highest BCUT2D eigenvalue weighted by molar-refractivity contribution is 5.93. The third kappa shape index (κ3) is 10.3. The molecule has 44 heavy (non-hydrogen) atoms. The number of carbonyl (C=O) groups excluding carboxylic acids is 4. The molecule has 3 fully saturated rings. The van der Waals surface area contributed by atoms with Crippen LogP contribution in [0.1, 0.15) is 98.8 Å². The van der Waals surface area contributed by atoms with Gasteiger partial charge in [0.05, 0.1) is 25.3 Å². The number of likely N-dealkylation sites (tertiary alicyclic amines) is 1. The molecule has 3 aliphatic rings. The molecule has 0 radical (unpaired) electrons. The van der Waals surface area contributed by atoms with Crippen molar-refractivity contribution < 1.29 is 28.7 Å². The zero-order chi connectivity index (χ0) is 32.4. The van der Waals surface area contributed by atoms with E-state index in [1.807, 2.05) is 20.8 Å². The fourth-order valence-corrected chi connectivity index (χ4v) is 7.03. The third-order valence-corrected chi connectivity index (χ3v) is 9.96. The molecule has 0 aromatic rings. The molecule has 0 spiro atoms. The summed E-state index contributed by atoms with van der Waals surface area (Å²) in [6, 6.07) is -2.27. The SMILES string of the molecule is COCC(NC(=O)N[C@H](C(=O)N1CC[C@H](C(C)C)[C@H]1C(=O)NC(COCC(N)=O)CC1CCC1)C1CCCCC1)C(C)(C)C. The first-order valence-corrected chi connectivity index (χ1v) is 16.8. The van der Waals surface area contributed by atoms with Gasteiger partial charge in [0.15, 0.2) is 0 Å². The van der Waals surface area contributed by atoms with E-state index in [-0.39, 0.29) is 60.3 Å². The van der Waals surface area contributed by atoms with E-state index in [0.717, 1.165) is 57.8 Å². The lowest BCUT2D eigenvalue weighted by Gasteiger charge is -2.37. The van der Waals surface area contributed by atoms with Crippen LogP contribution in [0.3, 0.4) is 0 Å². The number of urea groups is 1. The van der Waals surface area contributed by atoms with E-state index in [9.17, 15) is 19.2 Å². The number of nitrogens with two attached hydrogens (primary N) is 1. The van der Waals surface area contributed by atoms with Gasteiger partial charge in [-0.3, -0.25) is 14.4 Å². The summed E-state index contributed by atoms with van der Waals surface area (Å²) in [7, 11) is 1.61. The molecule has 1 aliphatic heterocycles. The maximum Gasteiger partial charge on any atom is 0.315 e. The van der Waals surface area contributed by atoms with Crippen molar-refractivity contribution in [1.82, 2.24) is 20.9 Å². The van der Waals surface area contributed by atoms with Crippen molar-refractivity contribution in [2.24, 2.45) is 34.8 Å². The molecule has 5 atom stereocenters. The number of hydrogen-bond donors (Lipinski definition) is 4. The second-order valence-electron chi connectivity index (χ2n) is 14.8. The summed E-state index contributed by atoms with van der Waals surface area (Å²) in [5, 5.41) is 9.30. The van der Waals surface area contributed by atoms with E-state index < -0.39 is 24.0 Å². The molecule has 0 bridgehead atoms. The molecular weight excluding hydrogens is 562 g/mol. The van der Waals surface area contributed by atoms with Gasteiger partial charge in [0.25, 0.3) is 0 Å². The molecule has 11 nitrogen and oxygen atoms in total. The van der Waals surface area contributed by atoms with Gasteiger partial charge in [0, 0.05) is 13.7 Å². The number of nitrogens with zero attached hydrogens (tertiary/aromatic N) is 1. The van der Waals surface area contributed by atoms with Crippen molar-refractivity contribution >= 4 is 23.8 Å². The number of ether oxygens (including phenoxy) is 2. The Balaban J connectivity index is 1.81. The van der Waals surface area contributed by atoms with Gasteiger partial charge in [0.1, 0.15) is 18.7 Å². The second kappa shape index (κ2) is 16.8. The number of amides is 5. The normalized spacial score (nSPS) is 23.5. The smallest absolute Gasteiger partial charge is 0.315 e. The zero-order valence-corrected chi connectivity index (χ0v) is 28.0. The largest absolute Gasteiger partial charge is 0.383 e. The predicted octanol–water partition coefficient (Wildman–Crippen LogP) is 3.35. The van der Waals surface area contributed by atoms with Crippen LogP contribution in [0.5, 0.6) is 0 Å². The molecule has 1 heterocycles. The maximum absolute atomic E-state index is 14.4. The lowest BCUT2D eigenvalue weighted by Crippen LogP contribution is -2.60. The summed E-state index contributed by atoms with van der Waals surface area (Å²) in [5.41, 5.74) is 5.03. The molecule has 5 N–H and O–H groups in total. The monoisotopic (exact) mass is 621 g/mol. The van der Waals surface area contributed by atoms with Crippen molar-refractivity contribution in [1.29, 1.82) is 0 Å². The molecule has 2 aliphatic carbocycles. The number of nitrogens with one attached hydrogen (secondary N) is 3. The highest BCUT2D eigenvalue weighted by Crippen LogP contribution is 2.35. The Morgan fingerprint density at radius 1 is 0.909 bits per heavy atom. The minimum absolute atomic E-state index is 0.00730. The van der Waals surface area contributed by atoms with Crippen LogP contribution < -0.4 is 21.7 Å². The molecule has 0 aromatic carbocycles. The van der Waals surface area contributed by atoms with Gasteiger partial charge in [-0.15, -0.1) is 0 Å². The fraction of sp³-hybridized carbons (Fsp3) is 0.879. The number of rotatable bonds is 15. The molecule has 0 aromatic heterocycles. The van der Waals surface area contributed by atoms with Crippen molar-refractivity contribution in [2.45, 2.75) is 123 Å². The Kier molecular flexibility index (Phi) is 13.8. The van der Waals surface area contributed by atoms with Crippen LogP contribution in [0.2, 0.25) is 0 Å². The summed E-state index contributed by atoms with van der Waals surface area (Å²) in [6.07, 6.45) is 9.75. The highest BCUT2D eigenvalue weighted by Gasteiger charge is 2.47. The fourth-order valence-electron chi connectivity index (χ4n) is 7.03. The van der Waals surface area contributed by atoms with Crippen molar-refractivity contribution in [3.05, 3.63) is 0 Å². The predicted molar refractivity (Wildman–Crippen MR) is 169 cm³/mol. The van der Waals surface area contributed by atoms with Gasteiger partial charge in [-0.2, -0.15) is 0 Å². The highest BCUT2D eigenvalue weighted by atomic mass is 16.5. The van der Waals surface area contributed by atoms with Crippen molar-refractivity contribution in [3.63, 3.8) is 0 Å². The molecule has 5 amide bonds. The number of hydrogen-bond acceptors (Lipinski definition) is 6. The van der Waals surface area contributed by atoms with Crippen LogP contribution in [-0.4, -0.2) is 86.3 Å². The third-order valence-electron chi connectivity index (χ3n) is 9.96. The zero-order valence-electron chi connectivity index (χ0n) is 28.0. The Bertz CT molecular complexity index is 959. The summed E-state index contributed by atoms with van der Waals surface area (Å²) >= 11 is 0. The first-order valence-electron chi connectivity index (χ1n) is 16.8. The molecule has 2 saturated carbocycles. The van der Waals surface area contributed by atoms with Crippen molar-refractivity contribution in [3.8, 4) is 0 Å². The van der Waals surface area contributed by atoms with E-state index in [0.29, 0.717) is 19.1 Å². The molecule has 3 rings (SSSR count). The van der Waals surface area contributed by atoms with Gasteiger partial charge in [0.2, 0.25) is 17.7 Å². The van der Waals surface area contributed by atoms with Gasteiger partial charge < -0.3 is 36.1 Å². The van der Waals surface area contributed by atoms with Gasteiger partial charge >= 0.3 is 6.03 Å². The average molecular weight is 622 g/mol. The molecule has 252 valence electrons. The Hall–Kier alpha value is -2.40. The average Bonchev–Trinajstić information content (AvgIpc) is 3.38. The van der Waals surface area contributed by atoms with Crippen LogP contribution in [0.4, 0.5) is 4.79 Å². The number of primary amides is 1. The second-order valence-corrected chi connectivity index (χ2v) is 14.8. The van der Waals surface area contributed by atoms with Crippen LogP contribution >= 0.6 is 0 Å². The topological polar surface area (TPSA) is 152 Å². The van der Waals surface area contributed by atoms with Gasteiger partial charge in [-0.25, -0.2) is 4.79 Å². The maximum atomic E-state index is 14.4. The summed E-state index contributed by atoms with van der Waals surface area (Å²) in [4.78, 5) is 54.9. The van der Waals surface area contributed by atoms with Crippen LogP contribution in [0.15, 0.2) is 0 Å². The number of methoxy groups -OCH3 is 1. The Morgan fingerprint density at radius 2 is 1.59 bits per heavy atom. The lowest BCUT2D eigenvalue weighted by atomic mass is 9.80. The Morgan fingerprint density at radius 3 is 2.14 bits per heavy atom. The minimum Gasteiger partial charge on any atom is -0.383 e. The summed E-state index contributed by atoms with van der Waals surface area (Å²) in [6.45, 7) is 11.1. The van der Waals surface area contributed by atoms with Gasteiger partial charge in [-0.1, -0.05) is 73.1 Å². The van der Waals surface area contributed by atoms with E-state index in [1.54, 1.807) is 12.0 Å². The van der Waals surface area contributed by atoms with E-state index in [2.05, 4.69) is 29.8 Å². The molecule has 1 saturated heterocycles. The quantitative estimate of drug-likeness (QED) is 0.220. The van der Waals surface area contributed by atoms with Crippen LogP contribution in [0.25, 0.3) is 0 Å². The van der Waals surface area contributed by atoms with Gasteiger partial charge in [-0.05, 0) is 54.8 Å². The Labute approximate surface area is 264 Å². The number of carbonyl (C=O) groups is 4. The first-order chi connectivity index (χ1) is 20.8. The molecule has 11 heteroatoms. The van der Waals surface area contributed by atoms with E-state index in [1.165, 1.54) is 6.42 Å². The standard InChI is InChI=1S/C33H59N5O6/c1-21(2)25-15-16-38(29(25)30(40)35-24(17-22-11-10-12-22)18-44-20-27(34)39)31(41)28(23-13-8-7-9-14-23)37-32(42)36-26(19-43-6)33(3,4)5/h21-26,28-29H,7-20H2,1-6H3,(H2,34,39)(H,35,40)(H2,36,37,42)/t24?,25-,26?,28+,29+/m1/s1. The minimum atomic E-state index is -0.718. The van der Waals surface area contributed by atoms with E-state index >= 15 is 0 Å². The summed E-state index contributed by atoms with van der Waals surface area (Å²) in [5.74, 6) is -0.238. The van der Waals surface area contributed by atoms with Crippen LogP contribution in [0, 0.1) is 29.1 Å². The molecular formula is C33H59N5O6. The first kappa shape index (κ1) is 36.1. The van der Waals surface area contributed by atoms with E-state index in [4.69, 9.17) is 15.2 Å². The van der Waals surface area contributed by atoms with Crippen molar-refractivity contribution in [2.75, 3.05) is 33.5 Å². The summed E-state index contributed by atoms with van der Waals surface area (Å²) < 4.78 is 10.9. The lowest BCUT2D eigenvalue weighted by molar-refractivity contribution is -0.143. The molecule has 2 unspecified atom stereocenters.